The predicted molar refractivity (Wildman–Crippen MR) is 140 cm³/mol. The number of hydrogen-bond donors (Lipinski definition) is 1. The zero-order valence-electron chi connectivity index (χ0n) is 21.2. The first kappa shape index (κ1) is 25.8. The van der Waals surface area contributed by atoms with Crippen LogP contribution >= 0.6 is 11.6 Å². The quantitative estimate of drug-likeness (QED) is 0.474. The average molecular weight is 500 g/mol. The summed E-state index contributed by atoms with van der Waals surface area (Å²) in [5.74, 6) is 1.14. The summed E-state index contributed by atoms with van der Waals surface area (Å²) in [5.41, 5.74) is 3.79. The van der Waals surface area contributed by atoms with Crippen molar-refractivity contribution in [2.24, 2.45) is 17.3 Å². The van der Waals surface area contributed by atoms with Crippen molar-refractivity contribution in [1.82, 2.24) is 0 Å². The standard InChI is InChI=1S/C29H38ClNO4/c1-20(2)17-35-28(33)22-8-10-27-26(15-22)31(16-24-11-12-29(24,3)19-32)13-5-4-6-21-14-25(30)9-7-23(21)18-34-27/h7-10,14-15,20,24,32H,4-6,11-13,16-19H2,1-3H3/t24-,29-/m0/s1. The molecule has 2 atom stereocenters. The van der Waals surface area contributed by atoms with Crippen molar-refractivity contribution in [3.63, 3.8) is 0 Å². The van der Waals surface area contributed by atoms with E-state index in [9.17, 15) is 9.90 Å². The molecule has 0 bridgehead atoms. The molecule has 0 amide bonds. The third-order valence-electron chi connectivity index (χ3n) is 7.61. The lowest BCUT2D eigenvalue weighted by atomic mass is 9.61. The molecule has 0 aromatic heterocycles. The van der Waals surface area contributed by atoms with Gasteiger partial charge in [-0.15, -0.1) is 0 Å². The number of rotatable bonds is 6. The molecule has 1 fully saturated rings. The van der Waals surface area contributed by atoms with E-state index in [2.05, 4.69) is 11.8 Å². The molecule has 0 spiro atoms. The monoisotopic (exact) mass is 499 g/mol. The minimum absolute atomic E-state index is 0.0476. The number of benzene rings is 2. The molecule has 190 valence electrons. The van der Waals surface area contributed by atoms with E-state index in [1.165, 1.54) is 5.56 Å². The van der Waals surface area contributed by atoms with E-state index in [1.54, 1.807) is 6.07 Å². The van der Waals surface area contributed by atoms with Crippen molar-refractivity contribution in [2.75, 3.05) is 31.2 Å². The molecule has 6 heteroatoms. The summed E-state index contributed by atoms with van der Waals surface area (Å²) in [6.07, 6.45) is 5.15. The van der Waals surface area contributed by atoms with E-state index in [0.29, 0.717) is 24.7 Å². The Balaban J connectivity index is 1.66. The van der Waals surface area contributed by atoms with Crippen molar-refractivity contribution in [3.8, 4) is 5.75 Å². The molecule has 35 heavy (non-hydrogen) atoms. The number of aryl methyl sites for hydroxylation is 1. The van der Waals surface area contributed by atoms with Crippen LogP contribution in [0.3, 0.4) is 0 Å². The number of aliphatic hydroxyl groups excluding tert-OH is 1. The van der Waals surface area contributed by atoms with Crippen molar-refractivity contribution in [1.29, 1.82) is 0 Å². The molecule has 0 unspecified atom stereocenters. The molecule has 4 rings (SSSR count). The highest BCUT2D eigenvalue weighted by atomic mass is 35.5. The first-order chi connectivity index (χ1) is 16.8. The second-order valence-electron chi connectivity index (χ2n) is 10.8. The summed E-state index contributed by atoms with van der Waals surface area (Å²) in [6.45, 7) is 8.96. The summed E-state index contributed by atoms with van der Waals surface area (Å²) in [4.78, 5) is 15.1. The second-order valence-corrected chi connectivity index (χ2v) is 11.3. The zero-order valence-corrected chi connectivity index (χ0v) is 21.9. The van der Waals surface area contributed by atoms with E-state index in [-0.39, 0.29) is 23.9 Å². The Labute approximate surface area is 214 Å². The van der Waals surface area contributed by atoms with Crippen LogP contribution < -0.4 is 9.64 Å². The molecule has 2 aliphatic rings. The van der Waals surface area contributed by atoms with Gasteiger partial charge in [-0.05, 0) is 90.8 Å². The molecule has 2 aromatic rings. The number of anilines is 1. The van der Waals surface area contributed by atoms with Gasteiger partial charge in [-0.1, -0.05) is 38.4 Å². The highest BCUT2D eigenvalue weighted by Crippen LogP contribution is 2.47. The van der Waals surface area contributed by atoms with Gasteiger partial charge in [0.15, 0.2) is 0 Å². The Morgan fingerprint density at radius 2 is 2.06 bits per heavy atom. The van der Waals surface area contributed by atoms with Gasteiger partial charge in [-0.3, -0.25) is 0 Å². The van der Waals surface area contributed by atoms with E-state index in [1.807, 2.05) is 44.2 Å². The Hall–Kier alpha value is -2.24. The lowest BCUT2D eigenvalue weighted by molar-refractivity contribution is -0.00541. The SMILES string of the molecule is CC(C)COC(=O)c1ccc2c(c1)N(C[C@@H]1CC[C@@]1(C)CO)CCCCc1cc(Cl)ccc1CO2. The molecular weight excluding hydrogens is 462 g/mol. The van der Waals surface area contributed by atoms with Crippen LogP contribution in [-0.4, -0.2) is 37.4 Å². The van der Waals surface area contributed by atoms with Gasteiger partial charge in [0.25, 0.3) is 0 Å². The summed E-state index contributed by atoms with van der Waals surface area (Å²) in [6, 6.07) is 11.6. The molecule has 1 aliphatic carbocycles. The third kappa shape index (κ3) is 6.13. The zero-order chi connectivity index (χ0) is 25.0. The number of carbonyl (C=O) groups is 1. The molecule has 1 aliphatic heterocycles. The fourth-order valence-corrected chi connectivity index (χ4v) is 5.21. The van der Waals surface area contributed by atoms with E-state index in [4.69, 9.17) is 21.1 Å². The minimum Gasteiger partial charge on any atom is -0.487 e. The maximum Gasteiger partial charge on any atom is 0.338 e. The van der Waals surface area contributed by atoms with Crippen LogP contribution in [0.2, 0.25) is 5.02 Å². The Morgan fingerprint density at radius 1 is 1.23 bits per heavy atom. The first-order valence-electron chi connectivity index (χ1n) is 12.9. The molecule has 1 N–H and O–H groups in total. The molecule has 5 nitrogen and oxygen atoms in total. The molecule has 0 saturated heterocycles. The first-order valence-corrected chi connectivity index (χ1v) is 13.2. The number of carbonyl (C=O) groups excluding carboxylic acids is 1. The number of halogens is 1. The van der Waals surface area contributed by atoms with Crippen molar-refractivity contribution in [3.05, 3.63) is 58.1 Å². The highest BCUT2D eigenvalue weighted by Gasteiger charge is 2.43. The summed E-state index contributed by atoms with van der Waals surface area (Å²) >= 11 is 6.28. The van der Waals surface area contributed by atoms with Gasteiger partial charge in [0.2, 0.25) is 0 Å². The van der Waals surface area contributed by atoms with Crippen LogP contribution in [0, 0.1) is 17.3 Å². The molecule has 0 radical (unpaired) electrons. The fourth-order valence-electron chi connectivity index (χ4n) is 5.02. The molecule has 1 heterocycles. The second kappa shape index (κ2) is 11.2. The molecule has 1 saturated carbocycles. The topological polar surface area (TPSA) is 59.0 Å². The third-order valence-corrected chi connectivity index (χ3v) is 7.85. The summed E-state index contributed by atoms with van der Waals surface area (Å²) in [7, 11) is 0. The van der Waals surface area contributed by atoms with Gasteiger partial charge in [0.05, 0.1) is 17.9 Å². The van der Waals surface area contributed by atoms with Gasteiger partial charge in [0.1, 0.15) is 12.4 Å². The van der Waals surface area contributed by atoms with E-state index < -0.39 is 0 Å². The van der Waals surface area contributed by atoms with Crippen molar-refractivity contribution in [2.45, 2.75) is 59.5 Å². The number of nitrogens with zero attached hydrogens (tertiary/aromatic N) is 1. The van der Waals surface area contributed by atoms with Crippen LogP contribution in [0.1, 0.15) is 67.9 Å². The van der Waals surface area contributed by atoms with Crippen molar-refractivity contribution >= 4 is 23.3 Å². The average Bonchev–Trinajstić information content (AvgIpc) is 2.87. The molecule has 2 aromatic carbocycles. The van der Waals surface area contributed by atoms with Gasteiger partial charge in [-0.25, -0.2) is 4.79 Å². The fraction of sp³-hybridized carbons (Fsp3) is 0.552. The summed E-state index contributed by atoms with van der Waals surface area (Å²) in [5, 5.41) is 10.7. The normalized spacial score (nSPS) is 22.3. The van der Waals surface area contributed by atoms with E-state index in [0.717, 1.165) is 67.2 Å². The van der Waals surface area contributed by atoms with Crippen LogP contribution in [0.4, 0.5) is 5.69 Å². The number of aliphatic hydroxyl groups is 1. The van der Waals surface area contributed by atoms with Crippen molar-refractivity contribution < 1.29 is 19.4 Å². The van der Waals surface area contributed by atoms with Crippen LogP contribution in [-0.2, 0) is 17.8 Å². The largest absolute Gasteiger partial charge is 0.487 e. The highest BCUT2D eigenvalue weighted by molar-refractivity contribution is 6.30. The predicted octanol–water partition coefficient (Wildman–Crippen LogP) is 6.28. The minimum atomic E-state index is -0.306. The van der Waals surface area contributed by atoms with Crippen LogP contribution in [0.25, 0.3) is 0 Å². The summed E-state index contributed by atoms with van der Waals surface area (Å²) < 4.78 is 11.9. The number of ether oxygens (including phenoxy) is 2. The van der Waals surface area contributed by atoms with E-state index >= 15 is 0 Å². The van der Waals surface area contributed by atoms with Crippen LogP contribution in [0.15, 0.2) is 36.4 Å². The lowest BCUT2D eigenvalue weighted by Crippen LogP contribution is -2.47. The number of hydrogen-bond acceptors (Lipinski definition) is 5. The van der Waals surface area contributed by atoms with Gasteiger partial charge >= 0.3 is 5.97 Å². The smallest absolute Gasteiger partial charge is 0.338 e. The molecular formula is C29H38ClNO4. The van der Waals surface area contributed by atoms with Gasteiger partial charge < -0.3 is 19.5 Å². The Morgan fingerprint density at radius 3 is 2.77 bits per heavy atom. The van der Waals surface area contributed by atoms with Gasteiger partial charge in [0, 0.05) is 24.7 Å². The van der Waals surface area contributed by atoms with Gasteiger partial charge in [-0.2, -0.15) is 0 Å². The maximum absolute atomic E-state index is 12.8. The lowest BCUT2D eigenvalue weighted by Gasteiger charge is -2.48. The number of esters is 1. The van der Waals surface area contributed by atoms with Crippen LogP contribution in [0.5, 0.6) is 5.75 Å². The Bertz CT molecular complexity index is 1040. The maximum atomic E-state index is 12.8. The Kier molecular flexibility index (Phi) is 8.28. The number of fused-ring (bicyclic) bond motifs is 2.